The van der Waals surface area contributed by atoms with Crippen LogP contribution in [0.5, 0.6) is 23.0 Å². The summed E-state index contributed by atoms with van der Waals surface area (Å²) in [6.07, 6.45) is 0. The number of aromatic hydroxyl groups is 4. The molecule has 0 aliphatic heterocycles. The van der Waals surface area contributed by atoms with Gasteiger partial charge in [0.1, 0.15) is 85.8 Å². The van der Waals surface area contributed by atoms with Crippen molar-refractivity contribution in [1.29, 1.82) is 0 Å². The summed E-state index contributed by atoms with van der Waals surface area (Å²) in [6, 6.07) is 25.2. The van der Waals surface area contributed by atoms with Crippen LogP contribution in [0.15, 0.2) is 72.8 Å². The molecular formula is C34H38B8O4. The van der Waals surface area contributed by atoms with Crippen molar-refractivity contribution in [1.82, 2.24) is 0 Å². The Hall–Kier alpha value is -4.18. The highest BCUT2D eigenvalue weighted by molar-refractivity contribution is 6.43. The summed E-state index contributed by atoms with van der Waals surface area (Å²) in [7, 11) is 15.4. The minimum Gasteiger partial charge on any atom is -0.509 e. The van der Waals surface area contributed by atoms with E-state index in [0.717, 1.165) is 77.1 Å². The largest absolute Gasteiger partial charge is 0.509 e. The van der Waals surface area contributed by atoms with E-state index >= 15 is 0 Å². The highest BCUT2D eigenvalue weighted by Crippen LogP contribution is 2.42. The van der Waals surface area contributed by atoms with Crippen molar-refractivity contribution in [2.75, 3.05) is 0 Å². The SMILES string of the molecule is Bc1cc(C(C)(c2ccc(C(C)(c3cc(B)c(O)c(B)c3)c3cc(B)c(O)c(B)c3)cc2)c2cc(B)c(O)c(B)c2)cc(B)c1O. The van der Waals surface area contributed by atoms with E-state index in [1.165, 1.54) is 0 Å². The third kappa shape index (κ3) is 5.36. The van der Waals surface area contributed by atoms with E-state index in [1.54, 1.807) is 0 Å². The Morgan fingerprint density at radius 2 is 0.478 bits per heavy atom. The summed E-state index contributed by atoms with van der Waals surface area (Å²) >= 11 is 0. The maximum absolute atomic E-state index is 10.7. The second-order valence-electron chi connectivity index (χ2n) is 13.7. The molecule has 46 heavy (non-hydrogen) atoms. The van der Waals surface area contributed by atoms with E-state index < -0.39 is 10.8 Å². The number of benzene rings is 5. The molecule has 0 atom stereocenters. The number of hydrogen-bond acceptors (Lipinski definition) is 4. The van der Waals surface area contributed by atoms with E-state index in [-0.39, 0.29) is 0 Å². The summed E-state index contributed by atoms with van der Waals surface area (Å²) in [6.45, 7) is 4.41. The monoisotopic (exact) mass is 598 g/mol. The Balaban J connectivity index is 1.78. The second kappa shape index (κ2) is 11.9. The van der Waals surface area contributed by atoms with Crippen LogP contribution in [-0.2, 0) is 10.8 Å². The first-order valence-corrected chi connectivity index (χ1v) is 15.8. The molecule has 0 heterocycles. The van der Waals surface area contributed by atoms with E-state index in [1.807, 2.05) is 62.8 Å². The van der Waals surface area contributed by atoms with Crippen molar-refractivity contribution in [3.63, 3.8) is 0 Å². The van der Waals surface area contributed by atoms with Gasteiger partial charge in [-0.15, -0.1) is 0 Å². The zero-order chi connectivity index (χ0) is 33.9. The van der Waals surface area contributed by atoms with Crippen LogP contribution in [0.2, 0.25) is 0 Å². The Morgan fingerprint density at radius 1 is 0.326 bits per heavy atom. The standard InChI is InChI=1S/C34H38B8O4/c1-33(17-7-21(35)29(43)22(36)8-17,18-9-23(37)30(44)24(38)10-18)15-3-5-16(6-4-15)34(2,19-11-25(39)31(45)26(40)12-19)20-13-27(41)32(46)28(42)14-20/h3-14,43-46H,35-42H2,1-2H3. The number of rotatable bonds is 6. The van der Waals surface area contributed by atoms with Crippen LogP contribution in [0.25, 0.3) is 0 Å². The fourth-order valence-corrected chi connectivity index (χ4v) is 7.12. The molecule has 5 rings (SSSR count). The van der Waals surface area contributed by atoms with Gasteiger partial charge in [0.15, 0.2) is 0 Å². The van der Waals surface area contributed by atoms with Gasteiger partial charge in [0.2, 0.25) is 0 Å². The third-order valence-electron chi connectivity index (χ3n) is 10.3. The van der Waals surface area contributed by atoms with Gasteiger partial charge in [0.25, 0.3) is 0 Å². The lowest BCUT2D eigenvalue weighted by molar-refractivity contribution is 0.482. The van der Waals surface area contributed by atoms with E-state index in [9.17, 15) is 20.4 Å². The molecule has 0 unspecified atom stereocenters. The Bertz CT molecular complexity index is 1660. The lowest BCUT2D eigenvalue weighted by atomic mass is 9.64. The molecule has 5 aromatic rings. The predicted octanol–water partition coefficient (Wildman–Crippen LogP) is -6.72. The van der Waals surface area contributed by atoms with Gasteiger partial charge in [-0.2, -0.15) is 0 Å². The number of phenols is 4. The van der Waals surface area contributed by atoms with Crippen LogP contribution in [0.3, 0.4) is 0 Å². The highest BCUT2D eigenvalue weighted by Gasteiger charge is 2.36. The van der Waals surface area contributed by atoms with Gasteiger partial charge < -0.3 is 20.4 Å². The number of hydrogen-bond donors (Lipinski definition) is 4. The van der Waals surface area contributed by atoms with E-state index in [2.05, 4.69) is 86.6 Å². The summed E-state index contributed by atoms with van der Waals surface area (Å²) < 4.78 is 0. The molecule has 0 fully saturated rings. The maximum atomic E-state index is 10.7. The molecule has 0 aliphatic carbocycles. The quantitative estimate of drug-likeness (QED) is 0.116. The van der Waals surface area contributed by atoms with Crippen LogP contribution in [-0.4, -0.2) is 83.2 Å². The average Bonchev–Trinajstić information content (AvgIpc) is 3.02. The van der Waals surface area contributed by atoms with E-state index in [4.69, 9.17) is 0 Å². The maximum Gasteiger partial charge on any atom is 0.144 e. The zero-order valence-corrected chi connectivity index (χ0v) is 28.7. The first-order chi connectivity index (χ1) is 21.5. The van der Waals surface area contributed by atoms with Crippen LogP contribution < -0.4 is 43.7 Å². The molecule has 0 amide bonds. The molecular weight excluding hydrogens is 559 g/mol. The molecule has 0 bridgehead atoms. The fraction of sp³-hybridized carbons (Fsp3) is 0.118. The van der Waals surface area contributed by atoms with Crippen molar-refractivity contribution < 1.29 is 20.4 Å². The summed E-state index contributed by atoms with van der Waals surface area (Å²) in [4.78, 5) is 0. The fourth-order valence-electron chi connectivity index (χ4n) is 7.12. The van der Waals surface area contributed by atoms with Crippen molar-refractivity contribution in [3.8, 4) is 23.0 Å². The van der Waals surface area contributed by atoms with Crippen molar-refractivity contribution in [2.45, 2.75) is 24.7 Å². The molecule has 0 aliphatic rings. The van der Waals surface area contributed by atoms with Gasteiger partial charge in [-0.3, -0.25) is 0 Å². The summed E-state index contributed by atoms with van der Waals surface area (Å²) in [5.74, 6) is 1.20. The Morgan fingerprint density at radius 3 is 0.630 bits per heavy atom. The van der Waals surface area contributed by atoms with E-state index in [0.29, 0.717) is 23.0 Å². The van der Waals surface area contributed by atoms with Crippen molar-refractivity contribution >= 4 is 106 Å². The van der Waals surface area contributed by atoms with Crippen LogP contribution in [0, 0.1) is 0 Å². The first kappa shape index (κ1) is 33.2. The van der Waals surface area contributed by atoms with Crippen molar-refractivity contribution in [2.24, 2.45) is 0 Å². The van der Waals surface area contributed by atoms with Gasteiger partial charge in [-0.25, -0.2) is 0 Å². The van der Waals surface area contributed by atoms with Crippen molar-refractivity contribution in [3.05, 3.63) is 106 Å². The smallest absolute Gasteiger partial charge is 0.144 e. The third-order valence-corrected chi connectivity index (χ3v) is 10.3. The lowest BCUT2D eigenvalue weighted by Crippen LogP contribution is -2.33. The minimum absolute atomic E-state index is 0.300. The Kier molecular flexibility index (Phi) is 8.57. The lowest BCUT2D eigenvalue weighted by Gasteiger charge is -2.36. The normalized spacial score (nSPS) is 11.9. The molecule has 0 saturated carbocycles. The molecule has 222 valence electrons. The molecule has 4 N–H and O–H groups in total. The average molecular weight is 597 g/mol. The van der Waals surface area contributed by atoms with Gasteiger partial charge in [0.05, 0.1) is 0 Å². The van der Waals surface area contributed by atoms with Gasteiger partial charge >= 0.3 is 0 Å². The molecule has 5 aromatic carbocycles. The molecule has 0 saturated heterocycles. The number of phenolic OH excluding ortho intramolecular Hbond substituents is 4. The molecule has 0 aromatic heterocycles. The van der Waals surface area contributed by atoms with Gasteiger partial charge in [-0.1, -0.05) is 72.8 Å². The van der Waals surface area contributed by atoms with Crippen LogP contribution in [0.4, 0.5) is 0 Å². The Labute approximate surface area is 280 Å². The van der Waals surface area contributed by atoms with Crippen LogP contribution in [0.1, 0.15) is 47.2 Å². The predicted molar refractivity (Wildman–Crippen MR) is 215 cm³/mol. The van der Waals surface area contributed by atoms with Crippen LogP contribution >= 0.6 is 0 Å². The zero-order valence-electron chi connectivity index (χ0n) is 28.7. The molecule has 12 heteroatoms. The minimum atomic E-state index is -0.598. The first-order valence-electron chi connectivity index (χ1n) is 15.8. The molecule has 0 spiro atoms. The second-order valence-corrected chi connectivity index (χ2v) is 13.7. The molecule has 4 nitrogen and oxygen atoms in total. The topological polar surface area (TPSA) is 80.9 Å². The highest BCUT2D eigenvalue weighted by atomic mass is 16.3. The molecule has 0 radical (unpaired) electrons. The van der Waals surface area contributed by atoms with Gasteiger partial charge in [-0.05, 0) is 90.9 Å². The van der Waals surface area contributed by atoms with Gasteiger partial charge in [0, 0.05) is 10.8 Å². The summed E-state index contributed by atoms with van der Waals surface area (Å²) in [5, 5.41) is 42.6. The summed E-state index contributed by atoms with van der Waals surface area (Å²) in [5.41, 5.74) is 11.7.